The van der Waals surface area contributed by atoms with Gasteiger partial charge >= 0.3 is 0 Å². The summed E-state index contributed by atoms with van der Waals surface area (Å²) in [5.41, 5.74) is 2.04. The second-order valence-electron chi connectivity index (χ2n) is 4.73. The molecule has 4 heteroatoms. The van der Waals surface area contributed by atoms with Gasteiger partial charge in [0.25, 0.3) is 0 Å². The Morgan fingerprint density at radius 2 is 2.06 bits per heavy atom. The van der Waals surface area contributed by atoms with E-state index >= 15 is 0 Å². The third-order valence-electron chi connectivity index (χ3n) is 3.18. The summed E-state index contributed by atoms with van der Waals surface area (Å²) >= 11 is 12.3. The highest BCUT2D eigenvalue weighted by atomic mass is 35.5. The molecular formula is C14H18Cl2N2. The van der Waals surface area contributed by atoms with Gasteiger partial charge in [-0.15, -0.1) is 11.6 Å². The zero-order chi connectivity index (χ0) is 13.3. The lowest BCUT2D eigenvalue weighted by Crippen LogP contribution is -2.09. The summed E-state index contributed by atoms with van der Waals surface area (Å²) in [4.78, 5) is 4.62. The Bertz CT molecular complexity index is 546. The van der Waals surface area contributed by atoms with Crippen molar-refractivity contribution < 1.29 is 0 Å². The normalized spacial score (nSPS) is 14.9. The maximum Gasteiger partial charge on any atom is 0.127 e. The van der Waals surface area contributed by atoms with Crippen LogP contribution in [0.1, 0.15) is 50.9 Å². The van der Waals surface area contributed by atoms with Gasteiger partial charge in [0, 0.05) is 11.1 Å². The molecule has 0 amide bonds. The first-order chi connectivity index (χ1) is 8.54. The molecule has 2 unspecified atom stereocenters. The van der Waals surface area contributed by atoms with Gasteiger partial charge in [-0.3, -0.25) is 0 Å². The van der Waals surface area contributed by atoms with E-state index in [1.165, 1.54) is 0 Å². The number of hydrogen-bond donors (Lipinski definition) is 0. The lowest BCUT2D eigenvalue weighted by atomic mass is 10.2. The molecule has 2 aromatic rings. The molecule has 0 radical (unpaired) electrons. The molecular weight excluding hydrogens is 267 g/mol. The summed E-state index contributed by atoms with van der Waals surface area (Å²) in [6.45, 7) is 6.36. The van der Waals surface area contributed by atoms with Crippen LogP contribution < -0.4 is 0 Å². The average Bonchev–Trinajstić information content (AvgIpc) is 2.67. The Kier molecular flexibility index (Phi) is 4.18. The van der Waals surface area contributed by atoms with Crippen LogP contribution in [0.15, 0.2) is 18.2 Å². The fourth-order valence-electron chi connectivity index (χ4n) is 2.38. The molecule has 2 rings (SSSR count). The van der Waals surface area contributed by atoms with E-state index in [0.717, 1.165) is 29.7 Å². The van der Waals surface area contributed by atoms with Crippen molar-refractivity contribution in [1.29, 1.82) is 0 Å². The quantitative estimate of drug-likeness (QED) is 0.692. The van der Waals surface area contributed by atoms with Crippen LogP contribution in [0.3, 0.4) is 0 Å². The second-order valence-corrected chi connectivity index (χ2v) is 5.82. The molecule has 0 saturated carbocycles. The lowest BCUT2D eigenvalue weighted by molar-refractivity contribution is 0.494. The number of rotatable bonds is 4. The number of halogens is 2. The monoisotopic (exact) mass is 284 g/mol. The van der Waals surface area contributed by atoms with Gasteiger partial charge in [-0.25, -0.2) is 4.98 Å². The summed E-state index contributed by atoms with van der Waals surface area (Å²) in [6, 6.07) is 6.23. The molecule has 1 aromatic heterocycles. The van der Waals surface area contributed by atoms with E-state index < -0.39 is 0 Å². The van der Waals surface area contributed by atoms with Crippen molar-refractivity contribution in [3.05, 3.63) is 29.0 Å². The van der Waals surface area contributed by atoms with Crippen molar-refractivity contribution in [2.24, 2.45) is 0 Å². The minimum atomic E-state index is -0.101. The van der Waals surface area contributed by atoms with Crippen LogP contribution in [0.4, 0.5) is 0 Å². The van der Waals surface area contributed by atoms with Crippen molar-refractivity contribution in [3.8, 4) is 0 Å². The number of benzene rings is 1. The third-order valence-corrected chi connectivity index (χ3v) is 3.61. The number of imidazole rings is 1. The Balaban J connectivity index is 2.62. The molecule has 1 aromatic carbocycles. The zero-order valence-electron chi connectivity index (χ0n) is 11.0. The van der Waals surface area contributed by atoms with Crippen LogP contribution in [-0.2, 0) is 0 Å². The topological polar surface area (TPSA) is 17.8 Å². The summed E-state index contributed by atoms with van der Waals surface area (Å²) in [6.07, 6.45) is 2.26. The highest BCUT2D eigenvalue weighted by Gasteiger charge is 2.18. The molecule has 1 heterocycles. The standard InChI is InChI=1S/C14H18Cl2N2/c1-4-5-9(2)18-13-7-6-11(16)8-12(13)17-14(18)10(3)15/h6-10H,4-5H2,1-3H3. The van der Waals surface area contributed by atoms with Crippen LogP contribution >= 0.6 is 23.2 Å². The van der Waals surface area contributed by atoms with Crippen molar-refractivity contribution in [3.63, 3.8) is 0 Å². The van der Waals surface area contributed by atoms with E-state index in [2.05, 4.69) is 23.4 Å². The molecule has 0 spiro atoms. The molecule has 0 saturated heterocycles. The van der Waals surface area contributed by atoms with E-state index in [9.17, 15) is 0 Å². The second kappa shape index (κ2) is 5.50. The predicted molar refractivity (Wildman–Crippen MR) is 78.6 cm³/mol. The number of fused-ring (bicyclic) bond motifs is 1. The number of alkyl halides is 1. The Hall–Kier alpha value is -0.730. The van der Waals surface area contributed by atoms with Gasteiger partial charge in [0.2, 0.25) is 0 Å². The van der Waals surface area contributed by atoms with Crippen molar-refractivity contribution >= 4 is 34.2 Å². The molecule has 0 aliphatic rings. The predicted octanol–water partition coefficient (Wildman–Crippen LogP) is 5.35. The van der Waals surface area contributed by atoms with E-state index in [-0.39, 0.29) is 5.38 Å². The number of nitrogens with zero attached hydrogens (tertiary/aromatic N) is 2. The maximum atomic E-state index is 6.25. The molecule has 2 nitrogen and oxygen atoms in total. The molecule has 0 bridgehead atoms. The van der Waals surface area contributed by atoms with Crippen molar-refractivity contribution in [2.45, 2.75) is 45.0 Å². The third kappa shape index (κ3) is 2.50. The van der Waals surface area contributed by atoms with Gasteiger partial charge in [-0.2, -0.15) is 0 Å². The Morgan fingerprint density at radius 3 is 2.67 bits per heavy atom. The van der Waals surface area contributed by atoms with Gasteiger partial charge in [0.15, 0.2) is 0 Å². The SMILES string of the molecule is CCCC(C)n1c(C(C)Cl)nc2cc(Cl)ccc21. The maximum absolute atomic E-state index is 6.25. The van der Waals surface area contributed by atoms with E-state index in [1.54, 1.807) is 0 Å². The van der Waals surface area contributed by atoms with E-state index in [1.807, 2.05) is 25.1 Å². The first-order valence-electron chi connectivity index (χ1n) is 6.36. The Labute approximate surface area is 118 Å². The van der Waals surface area contributed by atoms with Crippen LogP contribution in [0.25, 0.3) is 11.0 Å². The summed E-state index contributed by atoms with van der Waals surface area (Å²) in [7, 11) is 0. The number of aromatic nitrogens is 2. The van der Waals surface area contributed by atoms with Crippen LogP contribution in [0, 0.1) is 0 Å². The molecule has 0 aliphatic carbocycles. The minimum Gasteiger partial charge on any atom is -0.324 e. The molecule has 98 valence electrons. The van der Waals surface area contributed by atoms with E-state index in [0.29, 0.717) is 11.1 Å². The van der Waals surface area contributed by atoms with Gasteiger partial charge in [-0.05, 0) is 38.5 Å². The molecule has 0 aliphatic heterocycles. The molecule has 18 heavy (non-hydrogen) atoms. The Morgan fingerprint density at radius 1 is 1.33 bits per heavy atom. The summed E-state index contributed by atoms with van der Waals surface area (Å²) in [5, 5.41) is 0.611. The molecule has 0 N–H and O–H groups in total. The summed E-state index contributed by atoms with van der Waals surface area (Å²) < 4.78 is 2.24. The zero-order valence-corrected chi connectivity index (χ0v) is 12.5. The highest BCUT2D eigenvalue weighted by Crippen LogP contribution is 2.30. The van der Waals surface area contributed by atoms with Gasteiger partial charge < -0.3 is 4.57 Å². The lowest BCUT2D eigenvalue weighted by Gasteiger charge is -2.17. The molecule has 0 fully saturated rings. The first-order valence-corrected chi connectivity index (χ1v) is 7.17. The number of hydrogen-bond acceptors (Lipinski definition) is 1. The minimum absolute atomic E-state index is 0.101. The highest BCUT2D eigenvalue weighted by molar-refractivity contribution is 6.31. The first kappa shape index (κ1) is 13.7. The molecule has 2 atom stereocenters. The van der Waals surface area contributed by atoms with Gasteiger partial charge in [-0.1, -0.05) is 24.9 Å². The summed E-state index contributed by atoms with van der Waals surface area (Å²) in [5.74, 6) is 0.926. The van der Waals surface area contributed by atoms with Crippen LogP contribution in [-0.4, -0.2) is 9.55 Å². The smallest absolute Gasteiger partial charge is 0.127 e. The van der Waals surface area contributed by atoms with E-state index in [4.69, 9.17) is 23.2 Å². The average molecular weight is 285 g/mol. The van der Waals surface area contributed by atoms with Crippen molar-refractivity contribution in [1.82, 2.24) is 9.55 Å². The fraction of sp³-hybridized carbons (Fsp3) is 0.500. The van der Waals surface area contributed by atoms with Gasteiger partial charge in [0.1, 0.15) is 5.82 Å². The van der Waals surface area contributed by atoms with Crippen molar-refractivity contribution in [2.75, 3.05) is 0 Å². The fourth-order valence-corrected chi connectivity index (χ4v) is 2.70. The largest absolute Gasteiger partial charge is 0.324 e. The van der Waals surface area contributed by atoms with Crippen LogP contribution in [0.5, 0.6) is 0 Å². The van der Waals surface area contributed by atoms with Crippen LogP contribution in [0.2, 0.25) is 5.02 Å². The van der Waals surface area contributed by atoms with Gasteiger partial charge in [0.05, 0.1) is 16.4 Å².